The Balaban J connectivity index is 1.55. The maximum atomic E-state index is 4.44. The standard InChI is InChI=1S/C28H28N4/c1-5-21(17-29-9-1)25-13-26(22-6-2-10-30-18-22)15-28(24-8-4-12-32-20-24)16-27(14-25)23-7-3-11-31-19-23/h1-12,17-20,25-28H,13-16H2. The lowest BCUT2D eigenvalue weighted by Gasteiger charge is -2.35. The Bertz CT molecular complexity index is 897. The minimum absolute atomic E-state index is 0.439. The molecule has 4 heterocycles. The van der Waals surface area contributed by atoms with E-state index in [4.69, 9.17) is 0 Å². The van der Waals surface area contributed by atoms with Gasteiger partial charge in [-0.05, 0) is 95.9 Å². The van der Waals surface area contributed by atoms with Gasteiger partial charge in [0, 0.05) is 49.6 Å². The fourth-order valence-corrected chi connectivity index (χ4v) is 5.32. The van der Waals surface area contributed by atoms with Gasteiger partial charge < -0.3 is 0 Å². The zero-order chi connectivity index (χ0) is 21.6. The first-order valence-electron chi connectivity index (χ1n) is 11.5. The van der Waals surface area contributed by atoms with E-state index < -0.39 is 0 Å². The van der Waals surface area contributed by atoms with Crippen LogP contribution in [0.3, 0.4) is 0 Å². The van der Waals surface area contributed by atoms with Crippen LogP contribution >= 0.6 is 0 Å². The SMILES string of the molecule is c1cncc(C2CC(c3cccnc3)CC(c3cccnc3)CC(c3cccnc3)C2)c1. The number of rotatable bonds is 4. The van der Waals surface area contributed by atoms with E-state index in [0.29, 0.717) is 23.7 Å². The summed E-state index contributed by atoms with van der Waals surface area (Å²) in [5.74, 6) is 1.76. The molecule has 0 aliphatic heterocycles. The fraction of sp³-hybridized carbons (Fsp3) is 0.286. The molecule has 0 radical (unpaired) electrons. The average Bonchev–Trinajstić information content (AvgIpc) is 2.86. The first-order valence-corrected chi connectivity index (χ1v) is 11.5. The molecule has 0 spiro atoms. The Morgan fingerprint density at radius 2 is 0.656 bits per heavy atom. The maximum absolute atomic E-state index is 4.44. The summed E-state index contributed by atoms with van der Waals surface area (Å²) in [7, 11) is 0. The van der Waals surface area contributed by atoms with Gasteiger partial charge in [0.1, 0.15) is 0 Å². The molecule has 4 nitrogen and oxygen atoms in total. The van der Waals surface area contributed by atoms with Crippen LogP contribution < -0.4 is 0 Å². The minimum Gasteiger partial charge on any atom is -0.264 e. The van der Waals surface area contributed by atoms with E-state index in [-0.39, 0.29) is 0 Å². The van der Waals surface area contributed by atoms with E-state index in [2.05, 4.69) is 68.5 Å². The Morgan fingerprint density at radius 1 is 0.406 bits per heavy atom. The van der Waals surface area contributed by atoms with Gasteiger partial charge in [-0.3, -0.25) is 19.9 Å². The summed E-state index contributed by atoms with van der Waals surface area (Å²) in [6, 6.07) is 17.2. The molecule has 0 saturated heterocycles. The monoisotopic (exact) mass is 420 g/mol. The predicted octanol–water partition coefficient (Wildman–Crippen LogP) is 6.28. The van der Waals surface area contributed by atoms with E-state index in [0.717, 1.165) is 25.7 Å². The third kappa shape index (κ3) is 4.75. The quantitative estimate of drug-likeness (QED) is 0.390. The molecule has 0 unspecified atom stereocenters. The third-order valence-electron chi connectivity index (χ3n) is 6.90. The van der Waals surface area contributed by atoms with Gasteiger partial charge in [0.2, 0.25) is 0 Å². The van der Waals surface area contributed by atoms with E-state index in [1.807, 2.05) is 49.6 Å². The Hall–Kier alpha value is -3.40. The normalized spacial score (nSPS) is 23.8. The topological polar surface area (TPSA) is 51.6 Å². The lowest BCUT2D eigenvalue weighted by Crippen LogP contribution is -2.20. The molecule has 1 saturated carbocycles. The molecule has 0 amide bonds. The van der Waals surface area contributed by atoms with E-state index in [1.54, 1.807) is 0 Å². The highest BCUT2D eigenvalue weighted by Gasteiger charge is 2.32. The van der Waals surface area contributed by atoms with Crippen molar-refractivity contribution in [2.45, 2.75) is 49.4 Å². The largest absolute Gasteiger partial charge is 0.264 e. The Labute approximate surface area is 189 Å². The third-order valence-corrected chi connectivity index (χ3v) is 6.90. The number of pyridine rings is 4. The number of hydrogen-bond acceptors (Lipinski definition) is 4. The molecule has 0 atom stereocenters. The molecule has 0 N–H and O–H groups in total. The summed E-state index contributed by atoms with van der Waals surface area (Å²) in [6.45, 7) is 0. The molecule has 5 rings (SSSR count). The highest BCUT2D eigenvalue weighted by Crippen LogP contribution is 2.47. The lowest BCUT2D eigenvalue weighted by atomic mass is 9.69. The molecule has 1 aliphatic rings. The van der Waals surface area contributed by atoms with Gasteiger partial charge in [0.05, 0.1) is 0 Å². The summed E-state index contributed by atoms with van der Waals surface area (Å²) in [5.41, 5.74) is 5.32. The summed E-state index contributed by atoms with van der Waals surface area (Å²) < 4.78 is 0. The van der Waals surface area contributed by atoms with Crippen LogP contribution in [-0.4, -0.2) is 19.9 Å². The number of aromatic nitrogens is 4. The van der Waals surface area contributed by atoms with Gasteiger partial charge in [-0.15, -0.1) is 0 Å². The Morgan fingerprint density at radius 3 is 0.844 bits per heavy atom. The molecule has 1 fully saturated rings. The summed E-state index contributed by atoms with van der Waals surface area (Å²) in [4.78, 5) is 17.8. The predicted molar refractivity (Wildman–Crippen MR) is 126 cm³/mol. The maximum Gasteiger partial charge on any atom is 0.0302 e. The van der Waals surface area contributed by atoms with Crippen LogP contribution in [0.15, 0.2) is 98.1 Å². The van der Waals surface area contributed by atoms with Crippen LogP contribution in [0.25, 0.3) is 0 Å². The fourth-order valence-electron chi connectivity index (χ4n) is 5.32. The summed E-state index contributed by atoms with van der Waals surface area (Å²) in [5, 5.41) is 0. The van der Waals surface area contributed by atoms with Crippen molar-refractivity contribution < 1.29 is 0 Å². The van der Waals surface area contributed by atoms with Crippen molar-refractivity contribution in [3.05, 3.63) is 120 Å². The smallest absolute Gasteiger partial charge is 0.0302 e. The van der Waals surface area contributed by atoms with Crippen LogP contribution in [0, 0.1) is 0 Å². The Kier molecular flexibility index (Phi) is 6.29. The highest BCUT2D eigenvalue weighted by molar-refractivity contribution is 5.27. The van der Waals surface area contributed by atoms with Crippen molar-refractivity contribution in [2.75, 3.05) is 0 Å². The van der Waals surface area contributed by atoms with E-state index >= 15 is 0 Å². The van der Waals surface area contributed by atoms with Crippen molar-refractivity contribution >= 4 is 0 Å². The van der Waals surface area contributed by atoms with Crippen LogP contribution in [0.1, 0.15) is 71.6 Å². The van der Waals surface area contributed by atoms with Crippen molar-refractivity contribution in [1.29, 1.82) is 0 Å². The van der Waals surface area contributed by atoms with Gasteiger partial charge >= 0.3 is 0 Å². The van der Waals surface area contributed by atoms with Crippen LogP contribution in [-0.2, 0) is 0 Å². The zero-order valence-corrected chi connectivity index (χ0v) is 18.2. The van der Waals surface area contributed by atoms with Crippen molar-refractivity contribution in [2.24, 2.45) is 0 Å². The van der Waals surface area contributed by atoms with Crippen LogP contribution in [0.2, 0.25) is 0 Å². The van der Waals surface area contributed by atoms with Crippen LogP contribution in [0.5, 0.6) is 0 Å². The molecular formula is C28H28N4. The average molecular weight is 421 g/mol. The van der Waals surface area contributed by atoms with Crippen molar-refractivity contribution in [1.82, 2.24) is 19.9 Å². The number of hydrogen-bond donors (Lipinski definition) is 0. The second-order valence-electron chi connectivity index (χ2n) is 8.88. The minimum atomic E-state index is 0.439. The molecule has 4 aromatic rings. The van der Waals surface area contributed by atoms with E-state index in [9.17, 15) is 0 Å². The second-order valence-corrected chi connectivity index (χ2v) is 8.88. The molecule has 1 aliphatic carbocycles. The van der Waals surface area contributed by atoms with Gasteiger partial charge in [0.15, 0.2) is 0 Å². The second kappa shape index (κ2) is 9.82. The molecular weight excluding hydrogens is 392 g/mol. The molecule has 4 heteroatoms. The molecule has 4 aromatic heterocycles. The van der Waals surface area contributed by atoms with E-state index in [1.165, 1.54) is 22.3 Å². The molecule has 160 valence electrons. The summed E-state index contributed by atoms with van der Waals surface area (Å²) >= 11 is 0. The first kappa shape index (κ1) is 20.5. The van der Waals surface area contributed by atoms with Crippen molar-refractivity contribution in [3.63, 3.8) is 0 Å². The summed E-state index contributed by atoms with van der Waals surface area (Å²) in [6.07, 6.45) is 20.0. The van der Waals surface area contributed by atoms with Gasteiger partial charge in [-0.1, -0.05) is 24.3 Å². The zero-order valence-electron chi connectivity index (χ0n) is 18.2. The van der Waals surface area contributed by atoms with Crippen molar-refractivity contribution in [3.8, 4) is 0 Å². The first-order chi connectivity index (χ1) is 15.9. The highest BCUT2D eigenvalue weighted by atomic mass is 14.6. The molecule has 0 bridgehead atoms. The van der Waals surface area contributed by atoms with Gasteiger partial charge in [-0.25, -0.2) is 0 Å². The lowest BCUT2D eigenvalue weighted by molar-refractivity contribution is 0.350. The van der Waals surface area contributed by atoms with Gasteiger partial charge in [0.25, 0.3) is 0 Å². The van der Waals surface area contributed by atoms with Gasteiger partial charge in [-0.2, -0.15) is 0 Å². The van der Waals surface area contributed by atoms with Crippen LogP contribution in [0.4, 0.5) is 0 Å². The molecule has 0 aromatic carbocycles. The molecule has 32 heavy (non-hydrogen) atoms. The number of nitrogens with zero attached hydrogens (tertiary/aromatic N) is 4.